The van der Waals surface area contributed by atoms with Crippen molar-refractivity contribution < 1.29 is 4.74 Å². The third kappa shape index (κ3) is 1.99. The lowest BCUT2D eigenvalue weighted by atomic mass is 10.1. The van der Waals surface area contributed by atoms with Crippen LogP contribution in [0.25, 0.3) is 11.3 Å². The number of hydrogen-bond acceptors (Lipinski definition) is 4. The molecular weight excluding hydrogens is 222 g/mol. The number of aromatic amines is 1. The topological polar surface area (TPSA) is 63.9 Å². The third-order valence-corrected chi connectivity index (χ3v) is 3.02. The highest BCUT2D eigenvalue weighted by Gasteiger charge is 2.09. The van der Waals surface area contributed by atoms with Crippen LogP contribution in [0, 0.1) is 0 Å². The predicted molar refractivity (Wildman–Crippen MR) is 66.8 cm³/mol. The van der Waals surface area contributed by atoms with E-state index < -0.39 is 0 Å². The van der Waals surface area contributed by atoms with E-state index in [0.717, 1.165) is 17.0 Å². The molecule has 0 unspecified atom stereocenters. The molecule has 0 fully saturated rings. The zero-order valence-corrected chi connectivity index (χ0v) is 9.97. The van der Waals surface area contributed by atoms with Crippen molar-refractivity contribution in [3.8, 4) is 17.0 Å². The van der Waals surface area contributed by atoms with Gasteiger partial charge in [-0.15, -0.1) is 11.8 Å². The summed E-state index contributed by atoms with van der Waals surface area (Å²) in [6.45, 7) is 0. The van der Waals surface area contributed by atoms with Crippen LogP contribution >= 0.6 is 11.8 Å². The number of nitrogens with zero attached hydrogens (tertiary/aromatic N) is 1. The van der Waals surface area contributed by atoms with Crippen LogP contribution in [-0.4, -0.2) is 23.6 Å². The smallest absolute Gasteiger partial charge is 0.145 e. The summed E-state index contributed by atoms with van der Waals surface area (Å²) in [6.07, 6.45) is 2.03. The van der Waals surface area contributed by atoms with Gasteiger partial charge in [-0.2, -0.15) is 5.10 Å². The van der Waals surface area contributed by atoms with E-state index in [1.54, 1.807) is 24.9 Å². The zero-order valence-electron chi connectivity index (χ0n) is 9.15. The van der Waals surface area contributed by atoms with Crippen LogP contribution in [0.3, 0.4) is 0 Å². The van der Waals surface area contributed by atoms with Gasteiger partial charge in [0.1, 0.15) is 11.6 Å². The quantitative estimate of drug-likeness (QED) is 0.802. The summed E-state index contributed by atoms with van der Waals surface area (Å²) in [5, 5.41) is 6.80. The number of nitrogens with two attached hydrogens (primary N) is 1. The lowest BCUT2D eigenvalue weighted by molar-refractivity contribution is 0.416. The fraction of sp³-hybridized carbons (Fsp3) is 0.182. The minimum Gasteiger partial charge on any atom is -0.496 e. The molecule has 3 N–H and O–H groups in total. The minimum atomic E-state index is 0.478. The summed E-state index contributed by atoms with van der Waals surface area (Å²) in [6, 6.07) is 7.81. The molecule has 0 amide bonds. The first kappa shape index (κ1) is 10.9. The van der Waals surface area contributed by atoms with Crippen molar-refractivity contribution in [2.45, 2.75) is 4.90 Å². The molecule has 0 atom stereocenters. The van der Waals surface area contributed by atoms with Gasteiger partial charge in [0.25, 0.3) is 0 Å². The molecule has 0 radical (unpaired) electrons. The number of nitrogen functional groups attached to an aromatic ring is 1. The minimum absolute atomic E-state index is 0.478. The lowest BCUT2D eigenvalue weighted by Gasteiger charge is -2.07. The van der Waals surface area contributed by atoms with Crippen LogP contribution < -0.4 is 10.5 Å². The molecule has 0 bridgehead atoms. The molecule has 1 aromatic heterocycles. The van der Waals surface area contributed by atoms with E-state index in [2.05, 4.69) is 16.3 Å². The normalized spacial score (nSPS) is 10.4. The van der Waals surface area contributed by atoms with Crippen LogP contribution in [0.15, 0.2) is 29.2 Å². The van der Waals surface area contributed by atoms with Gasteiger partial charge < -0.3 is 10.5 Å². The van der Waals surface area contributed by atoms with Crippen molar-refractivity contribution in [1.29, 1.82) is 0 Å². The standard InChI is InChI=1S/C11H13N3OS/c1-15-10-4-3-7(16-2)5-8(10)9-6-11(12)14-13-9/h3-6H,1-2H3,(H3,12,13,14). The fourth-order valence-electron chi connectivity index (χ4n) is 1.50. The van der Waals surface area contributed by atoms with Gasteiger partial charge in [0, 0.05) is 16.5 Å². The van der Waals surface area contributed by atoms with E-state index in [-0.39, 0.29) is 0 Å². The second kappa shape index (κ2) is 4.49. The van der Waals surface area contributed by atoms with Crippen molar-refractivity contribution >= 4 is 17.6 Å². The number of anilines is 1. The number of methoxy groups -OCH3 is 1. The Labute approximate surface area is 98.2 Å². The van der Waals surface area contributed by atoms with Crippen molar-refractivity contribution in [1.82, 2.24) is 10.2 Å². The maximum atomic E-state index is 5.59. The predicted octanol–water partition coefficient (Wildman–Crippen LogP) is 2.39. The van der Waals surface area contributed by atoms with Crippen molar-refractivity contribution in [3.05, 3.63) is 24.3 Å². The van der Waals surface area contributed by atoms with Gasteiger partial charge in [0.2, 0.25) is 0 Å². The molecule has 0 aliphatic heterocycles. The Morgan fingerprint density at radius 1 is 1.38 bits per heavy atom. The summed E-state index contributed by atoms with van der Waals surface area (Å²) in [4.78, 5) is 1.17. The second-order valence-electron chi connectivity index (χ2n) is 3.27. The molecule has 0 saturated heterocycles. The number of H-pyrrole nitrogens is 1. The number of aromatic nitrogens is 2. The number of nitrogens with one attached hydrogen (secondary N) is 1. The molecule has 2 aromatic rings. The molecule has 1 aromatic carbocycles. The Hall–Kier alpha value is -1.62. The van der Waals surface area contributed by atoms with Gasteiger partial charge in [0.05, 0.1) is 12.8 Å². The van der Waals surface area contributed by atoms with Crippen LogP contribution in [0.2, 0.25) is 0 Å². The van der Waals surface area contributed by atoms with Crippen molar-refractivity contribution in [2.75, 3.05) is 19.1 Å². The Kier molecular flexibility index (Phi) is 3.05. The maximum absolute atomic E-state index is 5.59. The lowest BCUT2D eigenvalue weighted by Crippen LogP contribution is -1.88. The summed E-state index contributed by atoms with van der Waals surface area (Å²) < 4.78 is 5.31. The fourth-order valence-corrected chi connectivity index (χ4v) is 1.94. The highest BCUT2D eigenvalue weighted by molar-refractivity contribution is 7.98. The molecule has 0 spiro atoms. The highest BCUT2D eigenvalue weighted by atomic mass is 32.2. The van der Waals surface area contributed by atoms with Crippen LogP contribution in [0.1, 0.15) is 0 Å². The summed E-state index contributed by atoms with van der Waals surface area (Å²) in [7, 11) is 1.65. The average molecular weight is 235 g/mol. The van der Waals surface area contributed by atoms with Gasteiger partial charge in [0.15, 0.2) is 0 Å². The Bertz CT molecular complexity index is 496. The molecule has 0 aliphatic rings. The molecule has 16 heavy (non-hydrogen) atoms. The third-order valence-electron chi connectivity index (χ3n) is 2.29. The monoisotopic (exact) mass is 235 g/mol. The number of rotatable bonds is 3. The summed E-state index contributed by atoms with van der Waals surface area (Å²) in [5.74, 6) is 1.29. The second-order valence-corrected chi connectivity index (χ2v) is 4.15. The molecule has 0 aliphatic carbocycles. The van der Waals surface area contributed by atoms with Gasteiger partial charge in [-0.1, -0.05) is 0 Å². The Morgan fingerprint density at radius 3 is 2.75 bits per heavy atom. The van der Waals surface area contributed by atoms with Crippen molar-refractivity contribution in [3.63, 3.8) is 0 Å². The SMILES string of the molecule is COc1ccc(SC)cc1-c1cc(N)n[nH]1. The Balaban J connectivity index is 2.52. The number of hydrogen-bond donors (Lipinski definition) is 2. The van der Waals surface area contributed by atoms with Gasteiger partial charge in [-0.05, 0) is 24.5 Å². The molecule has 2 rings (SSSR count). The number of ether oxygens (including phenoxy) is 1. The Morgan fingerprint density at radius 2 is 2.19 bits per heavy atom. The van der Waals surface area contributed by atoms with E-state index in [9.17, 15) is 0 Å². The van der Waals surface area contributed by atoms with Crippen molar-refractivity contribution in [2.24, 2.45) is 0 Å². The van der Waals surface area contributed by atoms with Gasteiger partial charge in [-0.25, -0.2) is 0 Å². The molecule has 0 saturated carbocycles. The molecule has 84 valence electrons. The van der Waals surface area contributed by atoms with Crippen LogP contribution in [0.5, 0.6) is 5.75 Å². The molecule has 4 nitrogen and oxygen atoms in total. The first-order valence-electron chi connectivity index (χ1n) is 4.78. The van der Waals surface area contributed by atoms with Gasteiger partial charge in [-0.3, -0.25) is 5.10 Å². The molecular formula is C11H13N3OS. The first-order valence-corrected chi connectivity index (χ1v) is 6.00. The maximum Gasteiger partial charge on any atom is 0.145 e. The molecule has 1 heterocycles. The van der Waals surface area contributed by atoms with E-state index in [1.807, 2.05) is 18.4 Å². The number of benzene rings is 1. The average Bonchev–Trinajstić information content (AvgIpc) is 2.75. The zero-order chi connectivity index (χ0) is 11.5. The summed E-state index contributed by atoms with van der Waals surface area (Å²) in [5.41, 5.74) is 7.43. The summed E-state index contributed by atoms with van der Waals surface area (Å²) >= 11 is 1.68. The number of thioether (sulfide) groups is 1. The van der Waals surface area contributed by atoms with E-state index >= 15 is 0 Å². The van der Waals surface area contributed by atoms with Crippen LogP contribution in [0.4, 0.5) is 5.82 Å². The highest BCUT2D eigenvalue weighted by Crippen LogP contribution is 2.32. The van der Waals surface area contributed by atoms with Crippen LogP contribution in [-0.2, 0) is 0 Å². The molecule has 5 heteroatoms. The first-order chi connectivity index (χ1) is 7.74. The van der Waals surface area contributed by atoms with E-state index in [1.165, 1.54) is 4.90 Å². The van der Waals surface area contributed by atoms with E-state index in [0.29, 0.717) is 5.82 Å². The van der Waals surface area contributed by atoms with E-state index in [4.69, 9.17) is 10.5 Å². The van der Waals surface area contributed by atoms with Gasteiger partial charge >= 0.3 is 0 Å². The largest absolute Gasteiger partial charge is 0.496 e.